The number of halogens is 1. The van der Waals surface area contributed by atoms with Gasteiger partial charge in [-0.1, -0.05) is 36.8 Å². The predicted molar refractivity (Wildman–Crippen MR) is 108 cm³/mol. The number of hydrogen-bond donors (Lipinski definition) is 2. The SMILES string of the molecule is CCCNC(=NC)NCC1CCCOC1c1ccc(C)cc1.I. The van der Waals surface area contributed by atoms with Gasteiger partial charge in [-0.3, -0.25) is 4.99 Å². The molecule has 0 aliphatic carbocycles. The van der Waals surface area contributed by atoms with Gasteiger partial charge in [0.05, 0.1) is 6.10 Å². The van der Waals surface area contributed by atoms with Crippen LogP contribution < -0.4 is 10.6 Å². The van der Waals surface area contributed by atoms with Crippen molar-refractivity contribution < 1.29 is 4.74 Å². The summed E-state index contributed by atoms with van der Waals surface area (Å²) in [5, 5.41) is 6.76. The second-order valence-corrected chi connectivity index (χ2v) is 5.98. The Kier molecular flexibility index (Phi) is 9.55. The highest BCUT2D eigenvalue weighted by Crippen LogP contribution is 2.33. The quantitative estimate of drug-likeness (QED) is 0.425. The van der Waals surface area contributed by atoms with Crippen LogP contribution in [0, 0.1) is 12.8 Å². The molecule has 2 atom stereocenters. The molecule has 2 rings (SSSR count). The van der Waals surface area contributed by atoms with Crippen LogP contribution in [0.2, 0.25) is 0 Å². The molecule has 1 saturated heterocycles. The number of hydrogen-bond acceptors (Lipinski definition) is 2. The van der Waals surface area contributed by atoms with E-state index < -0.39 is 0 Å². The minimum absolute atomic E-state index is 0. The summed E-state index contributed by atoms with van der Waals surface area (Å²) in [7, 11) is 1.82. The number of guanidine groups is 1. The van der Waals surface area contributed by atoms with Crippen molar-refractivity contribution in [3.63, 3.8) is 0 Å². The van der Waals surface area contributed by atoms with Crippen molar-refractivity contribution >= 4 is 29.9 Å². The van der Waals surface area contributed by atoms with Crippen molar-refractivity contribution in [2.24, 2.45) is 10.9 Å². The third kappa shape index (κ3) is 6.30. The maximum absolute atomic E-state index is 6.06. The van der Waals surface area contributed by atoms with Crippen LogP contribution in [0.4, 0.5) is 0 Å². The largest absolute Gasteiger partial charge is 0.373 e. The fourth-order valence-corrected chi connectivity index (χ4v) is 2.87. The third-order valence-corrected chi connectivity index (χ3v) is 4.15. The van der Waals surface area contributed by atoms with E-state index in [1.807, 2.05) is 7.05 Å². The van der Waals surface area contributed by atoms with E-state index in [-0.39, 0.29) is 30.1 Å². The number of aryl methyl sites for hydroxylation is 1. The third-order valence-electron chi connectivity index (χ3n) is 4.15. The summed E-state index contributed by atoms with van der Waals surface area (Å²) in [5.74, 6) is 1.37. The predicted octanol–water partition coefficient (Wildman–Crippen LogP) is 3.66. The summed E-state index contributed by atoms with van der Waals surface area (Å²) in [6.07, 6.45) is 3.61. The molecule has 1 aromatic rings. The van der Waals surface area contributed by atoms with E-state index in [1.165, 1.54) is 17.5 Å². The second-order valence-electron chi connectivity index (χ2n) is 5.98. The first kappa shape index (κ1) is 20.2. The molecule has 1 aliphatic rings. The van der Waals surface area contributed by atoms with Crippen LogP contribution in [-0.2, 0) is 4.74 Å². The van der Waals surface area contributed by atoms with E-state index in [0.29, 0.717) is 5.92 Å². The molecule has 2 N–H and O–H groups in total. The van der Waals surface area contributed by atoms with Crippen molar-refractivity contribution in [3.8, 4) is 0 Å². The van der Waals surface area contributed by atoms with Gasteiger partial charge in [0.25, 0.3) is 0 Å². The molecule has 0 spiro atoms. The van der Waals surface area contributed by atoms with Crippen LogP contribution >= 0.6 is 24.0 Å². The summed E-state index contributed by atoms with van der Waals surface area (Å²) >= 11 is 0. The molecule has 4 nitrogen and oxygen atoms in total. The maximum atomic E-state index is 6.06. The summed E-state index contributed by atoms with van der Waals surface area (Å²) in [6, 6.07) is 8.73. The summed E-state index contributed by atoms with van der Waals surface area (Å²) in [4.78, 5) is 4.27. The molecule has 2 unspecified atom stereocenters. The minimum Gasteiger partial charge on any atom is -0.373 e. The zero-order valence-electron chi connectivity index (χ0n) is 14.5. The van der Waals surface area contributed by atoms with Crippen LogP contribution in [0.15, 0.2) is 29.3 Å². The fraction of sp³-hybridized carbons (Fsp3) is 0.611. The molecule has 1 aliphatic heterocycles. The lowest BCUT2D eigenvalue weighted by Gasteiger charge is -2.32. The van der Waals surface area contributed by atoms with Crippen molar-refractivity contribution in [1.82, 2.24) is 10.6 Å². The molecule has 1 fully saturated rings. The first-order valence-electron chi connectivity index (χ1n) is 8.37. The zero-order valence-corrected chi connectivity index (χ0v) is 16.8. The lowest BCUT2D eigenvalue weighted by atomic mass is 9.89. The van der Waals surface area contributed by atoms with E-state index >= 15 is 0 Å². The molecule has 23 heavy (non-hydrogen) atoms. The van der Waals surface area contributed by atoms with Crippen LogP contribution in [0.3, 0.4) is 0 Å². The number of rotatable bonds is 5. The van der Waals surface area contributed by atoms with Gasteiger partial charge < -0.3 is 15.4 Å². The first-order valence-corrected chi connectivity index (χ1v) is 8.37. The van der Waals surface area contributed by atoms with Crippen LogP contribution in [0.25, 0.3) is 0 Å². The molecule has 0 radical (unpaired) electrons. The molecular weight excluding hydrogens is 401 g/mol. The molecule has 1 aromatic carbocycles. The van der Waals surface area contributed by atoms with Gasteiger partial charge in [-0.15, -0.1) is 24.0 Å². The first-order chi connectivity index (χ1) is 10.7. The summed E-state index contributed by atoms with van der Waals surface area (Å²) < 4.78 is 6.06. The van der Waals surface area contributed by atoms with E-state index in [9.17, 15) is 0 Å². The van der Waals surface area contributed by atoms with Crippen molar-refractivity contribution in [1.29, 1.82) is 0 Å². The average Bonchev–Trinajstić information content (AvgIpc) is 2.56. The molecule has 0 saturated carbocycles. The molecule has 130 valence electrons. The number of aliphatic imine (C=N–C) groups is 1. The van der Waals surface area contributed by atoms with Gasteiger partial charge in [-0.05, 0) is 31.7 Å². The minimum atomic E-state index is 0. The Balaban J connectivity index is 0.00000264. The number of benzene rings is 1. The Morgan fingerprint density at radius 2 is 2.00 bits per heavy atom. The Morgan fingerprint density at radius 1 is 1.26 bits per heavy atom. The second kappa shape index (κ2) is 10.9. The molecule has 1 heterocycles. The fourth-order valence-electron chi connectivity index (χ4n) is 2.87. The Morgan fingerprint density at radius 3 is 2.65 bits per heavy atom. The monoisotopic (exact) mass is 431 g/mol. The average molecular weight is 431 g/mol. The highest BCUT2D eigenvalue weighted by molar-refractivity contribution is 14.0. The Labute approximate surface area is 157 Å². The Bertz CT molecular complexity index is 476. The van der Waals surface area contributed by atoms with Gasteiger partial charge in [0, 0.05) is 32.7 Å². The van der Waals surface area contributed by atoms with Gasteiger partial charge in [0.15, 0.2) is 5.96 Å². The molecule has 0 bridgehead atoms. The number of nitrogens with one attached hydrogen (secondary N) is 2. The van der Waals surface area contributed by atoms with Gasteiger partial charge in [0.1, 0.15) is 0 Å². The van der Waals surface area contributed by atoms with E-state index in [4.69, 9.17) is 4.74 Å². The van der Waals surface area contributed by atoms with Gasteiger partial charge >= 0.3 is 0 Å². The van der Waals surface area contributed by atoms with Gasteiger partial charge in [-0.25, -0.2) is 0 Å². The smallest absolute Gasteiger partial charge is 0.190 e. The van der Waals surface area contributed by atoms with Crippen LogP contribution in [-0.4, -0.2) is 32.7 Å². The molecule has 0 aromatic heterocycles. The maximum Gasteiger partial charge on any atom is 0.190 e. The summed E-state index contributed by atoms with van der Waals surface area (Å²) in [5.41, 5.74) is 2.58. The molecule has 0 amide bonds. The molecular formula is C18H30IN3O. The lowest BCUT2D eigenvalue weighted by molar-refractivity contribution is -0.0265. The van der Waals surface area contributed by atoms with E-state index in [2.05, 4.69) is 53.7 Å². The highest BCUT2D eigenvalue weighted by Gasteiger charge is 2.27. The number of nitrogens with zero attached hydrogens (tertiary/aromatic N) is 1. The summed E-state index contributed by atoms with van der Waals surface area (Å²) in [6.45, 7) is 6.97. The van der Waals surface area contributed by atoms with Gasteiger partial charge in [0.2, 0.25) is 0 Å². The number of ether oxygens (including phenoxy) is 1. The van der Waals surface area contributed by atoms with Crippen molar-refractivity contribution in [3.05, 3.63) is 35.4 Å². The zero-order chi connectivity index (χ0) is 15.8. The topological polar surface area (TPSA) is 45.7 Å². The van der Waals surface area contributed by atoms with E-state index in [1.54, 1.807) is 0 Å². The van der Waals surface area contributed by atoms with E-state index in [0.717, 1.165) is 38.5 Å². The van der Waals surface area contributed by atoms with Crippen molar-refractivity contribution in [2.75, 3.05) is 26.7 Å². The van der Waals surface area contributed by atoms with Gasteiger partial charge in [-0.2, -0.15) is 0 Å². The van der Waals surface area contributed by atoms with Crippen LogP contribution in [0.1, 0.15) is 43.4 Å². The Hall–Kier alpha value is -0.820. The van der Waals surface area contributed by atoms with Crippen molar-refractivity contribution in [2.45, 2.75) is 39.2 Å². The molecule has 5 heteroatoms. The highest BCUT2D eigenvalue weighted by atomic mass is 127. The lowest BCUT2D eigenvalue weighted by Crippen LogP contribution is -2.42. The van der Waals surface area contributed by atoms with Crippen LogP contribution in [0.5, 0.6) is 0 Å². The normalized spacial score (nSPS) is 21.4. The standard InChI is InChI=1S/C18H29N3O.HI/c1-4-11-20-18(19-3)21-13-16-6-5-12-22-17(16)15-9-7-14(2)8-10-15;/h7-10,16-17H,4-6,11-13H2,1-3H3,(H2,19,20,21);1H.